The molecule has 0 spiro atoms. The van der Waals surface area contributed by atoms with Gasteiger partial charge in [-0.3, -0.25) is 0 Å². The Bertz CT molecular complexity index is 355. The standard InChI is InChI=1S/C15H27N3O2/c16-15(20)18-8-11(6-14(19)12-3-4-12)5-13(9-18)17-7-10-1-2-10/h10-14,17,19H,1-9H2,(H2,16,20). The van der Waals surface area contributed by atoms with Gasteiger partial charge in [0, 0.05) is 19.1 Å². The molecule has 0 aromatic rings. The number of likely N-dealkylation sites (tertiary alicyclic amines) is 1. The molecule has 0 aromatic carbocycles. The Morgan fingerprint density at radius 3 is 2.60 bits per heavy atom. The number of hydrogen-bond donors (Lipinski definition) is 3. The van der Waals surface area contributed by atoms with E-state index in [1.165, 1.54) is 12.8 Å². The van der Waals surface area contributed by atoms with Crippen LogP contribution in [0.25, 0.3) is 0 Å². The van der Waals surface area contributed by atoms with Crippen molar-refractivity contribution in [2.75, 3.05) is 19.6 Å². The largest absolute Gasteiger partial charge is 0.393 e. The number of nitrogens with zero attached hydrogens (tertiary/aromatic N) is 1. The molecule has 5 nitrogen and oxygen atoms in total. The van der Waals surface area contributed by atoms with Gasteiger partial charge in [-0.2, -0.15) is 0 Å². The van der Waals surface area contributed by atoms with Crippen LogP contribution in [0.3, 0.4) is 0 Å². The van der Waals surface area contributed by atoms with E-state index < -0.39 is 0 Å². The van der Waals surface area contributed by atoms with E-state index in [1.54, 1.807) is 4.90 Å². The first-order chi connectivity index (χ1) is 9.61. The second kappa shape index (κ2) is 5.90. The second-order valence-electron chi connectivity index (χ2n) is 7.03. The fraction of sp³-hybridized carbons (Fsp3) is 0.933. The second-order valence-corrected chi connectivity index (χ2v) is 7.03. The first-order valence-electron chi connectivity index (χ1n) is 8.07. The van der Waals surface area contributed by atoms with Crippen molar-refractivity contribution in [2.24, 2.45) is 23.5 Å². The number of nitrogens with two attached hydrogens (primary N) is 1. The number of urea groups is 1. The van der Waals surface area contributed by atoms with Gasteiger partial charge in [0.15, 0.2) is 0 Å². The molecule has 0 radical (unpaired) electrons. The van der Waals surface area contributed by atoms with E-state index in [0.717, 1.165) is 44.7 Å². The van der Waals surface area contributed by atoms with Gasteiger partial charge in [-0.1, -0.05) is 0 Å². The smallest absolute Gasteiger partial charge is 0.314 e. The molecule has 5 heteroatoms. The van der Waals surface area contributed by atoms with E-state index >= 15 is 0 Å². The van der Waals surface area contributed by atoms with Crippen LogP contribution < -0.4 is 11.1 Å². The molecule has 1 aliphatic heterocycles. The summed E-state index contributed by atoms with van der Waals surface area (Å²) in [6.45, 7) is 2.49. The molecule has 2 saturated carbocycles. The lowest BCUT2D eigenvalue weighted by Gasteiger charge is -2.38. The molecule has 2 aliphatic carbocycles. The number of aliphatic hydroxyl groups is 1. The maximum atomic E-state index is 11.5. The Hall–Kier alpha value is -0.810. The van der Waals surface area contributed by atoms with E-state index in [2.05, 4.69) is 5.32 Å². The van der Waals surface area contributed by atoms with Crippen molar-refractivity contribution in [2.45, 2.75) is 50.7 Å². The normalized spacial score (nSPS) is 32.1. The van der Waals surface area contributed by atoms with Crippen LogP contribution in [0.2, 0.25) is 0 Å². The summed E-state index contributed by atoms with van der Waals surface area (Å²) in [6.07, 6.45) is 6.69. The van der Waals surface area contributed by atoms with Gasteiger partial charge in [0.2, 0.25) is 0 Å². The van der Waals surface area contributed by atoms with Crippen LogP contribution in [0.5, 0.6) is 0 Å². The molecule has 4 N–H and O–H groups in total. The number of piperidine rings is 1. The molecule has 1 saturated heterocycles. The van der Waals surface area contributed by atoms with Gasteiger partial charge in [0.05, 0.1) is 6.10 Å². The van der Waals surface area contributed by atoms with Crippen LogP contribution in [-0.4, -0.2) is 47.8 Å². The minimum absolute atomic E-state index is 0.183. The highest BCUT2D eigenvalue weighted by Gasteiger charge is 2.35. The number of carbonyl (C=O) groups is 1. The van der Waals surface area contributed by atoms with Crippen LogP contribution in [0.15, 0.2) is 0 Å². The summed E-state index contributed by atoms with van der Waals surface area (Å²) in [5.74, 6) is 1.73. The van der Waals surface area contributed by atoms with Crippen LogP contribution in [-0.2, 0) is 0 Å². The van der Waals surface area contributed by atoms with Crippen molar-refractivity contribution in [3.8, 4) is 0 Å². The van der Waals surface area contributed by atoms with Gasteiger partial charge < -0.3 is 21.1 Å². The quantitative estimate of drug-likeness (QED) is 0.677. The molecule has 3 fully saturated rings. The lowest BCUT2D eigenvalue weighted by Crippen LogP contribution is -2.53. The van der Waals surface area contributed by atoms with E-state index in [1.807, 2.05) is 0 Å². The van der Waals surface area contributed by atoms with Crippen LogP contribution in [0.1, 0.15) is 38.5 Å². The first-order valence-corrected chi connectivity index (χ1v) is 8.07. The van der Waals surface area contributed by atoms with Gasteiger partial charge in [0.1, 0.15) is 0 Å². The zero-order valence-corrected chi connectivity index (χ0v) is 12.1. The first kappa shape index (κ1) is 14.1. The summed E-state index contributed by atoms with van der Waals surface area (Å²) >= 11 is 0. The molecule has 3 unspecified atom stereocenters. The molecule has 20 heavy (non-hydrogen) atoms. The van der Waals surface area contributed by atoms with Gasteiger partial charge in [-0.25, -0.2) is 4.79 Å². The third-order valence-corrected chi connectivity index (χ3v) is 4.98. The van der Waals surface area contributed by atoms with Crippen LogP contribution >= 0.6 is 0 Å². The van der Waals surface area contributed by atoms with E-state index in [-0.39, 0.29) is 12.1 Å². The lowest BCUT2D eigenvalue weighted by molar-refractivity contribution is 0.0852. The Balaban J connectivity index is 1.52. The van der Waals surface area contributed by atoms with Crippen LogP contribution in [0, 0.1) is 17.8 Å². The van der Waals surface area contributed by atoms with Gasteiger partial charge in [-0.05, 0) is 62.8 Å². The number of rotatable bonds is 6. The Kier molecular flexibility index (Phi) is 4.17. The Morgan fingerprint density at radius 1 is 1.25 bits per heavy atom. The maximum Gasteiger partial charge on any atom is 0.314 e. The Morgan fingerprint density at radius 2 is 2.00 bits per heavy atom. The summed E-state index contributed by atoms with van der Waals surface area (Å²) in [5.41, 5.74) is 5.46. The lowest BCUT2D eigenvalue weighted by atomic mass is 9.88. The van der Waals surface area contributed by atoms with Crippen molar-refractivity contribution in [1.29, 1.82) is 0 Å². The average Bonchev–Trinajstić information content (AvgIpc) is 3.29. The van der Waals surface area contributed by atoms with Crippen molar-refractivity contribution >= 4 is 6.03 Å². The molecule has 0 bridgehead atoms. The van der Waals surface area contributed by atoms with Gasteiger partial charge in [0.25, 0.3) is 0 Å². The molecule has 3 atom stereocenters. The number of aliphatic hydroxyl groups excluding tert-OH is 1. The van der Waals surface area contributed by atoms with E-state index in [9.17, 15) is 9.90 Å². The van der Waals surface area contributed by atoms with Crippen LogP contribution in [0.4, 0.5) is 4.79 Å². The van der Waals surface area contributed by atoms with Crippen molar-refractivity contribution in [3.05, 3.63) is 0 Å². The predicted octanol–water partition coefficient (Wildman–Crippen LogP) is 0.916. The summed E-state index contributed by atoms with van der Waals surface area (Å²) in [5, 5.41) is 13.7. The minimum atomic E-state index is -0.325. The monoisotopic (exact) mass is 281 g/mol. The summed E-state index contributed by atoms with van der Waals surface area (Å²) in [4.78, 5) is 13.2. The number of amides is 2. The topological polar surface area (TPSA) is 78.6 Å². The van der Waals surface area contributed by atoms with Crippen molar-refractivity contribution in [1.82, 2.24) is 10.2 Å². The highest BCUT2D eigenvalue weighted by atomic mass is 16.3. The Labute approximate surface area is 120 Å². The average molecular weight is 281 g/mol. The predicted molar refractivity (Wildman–Crippen MR) is 77.1 cm³/mol. The molecule has 3 aliphatic rings. The minimum Gasteiger partial charge on any atom is -0.393 e. The van der Waals surface area contributed by atoms with Gasteiger partial charge >= 0.3 is 6.03 Å². The SMILES string of the molecule is NC(=O)N1CC(CC(O)C2CC2)CC(NCC2CC2)C1. The molecule has 3 rings (SSSR count). The van der Waals surface area contributed by atoms with Crippen molar-refractivity contribution < 1.29 is 9.90 Å². The number of hydrogen-bond acceptors (Lipinski definition) is 3. The third-order valence-electron chi connectivity index (χ3n) is 4.98. The summed E-state index contributed by atoms with van der Waals surface area (Å²) in [7, 11) is 0. The summed E-state index contributed by atoms with van der Waals surface area (Å²) in [6, 6.07) is 0.0158. The molecular formula is C15H27N3O2. The highest BCUT2D eigenvalue weighted by molar-refractivity contribution is 5.72. The molecule has 0 aromatic heterocycles. The molecular weight excluding hydrogens is 254 g/mol. The molecule has 2 amide bonds. The molecule has 114 valence electrons. The fourth-order valence-corrected chi connectivity index (χ4v) is 3.37. The fourth-order valence-electron chi connectivity index (χ4n) is 3.37. The third kappa shape index (κ3) is 3.85. The molecule has 1 heterocycles. The van der Waals surface area contributed by atoms with Crippen molar-refractivity contribution in [3.63, 3.8) is 0 Å². The van der Waals surface area contributed by atoms with E-state index in [0.29, 0.717) is 24.4 Å². The van der Waals surface area contributed by atoms with Gasteiger partial charge in [-0.15, -0.1) is 0 Å². The zero-order chi connectivity index (χ0) is 14.1. The van der Waals surface area contributed by atoms with E-state index in [4.69, 9.17) is 5.73 Å². The number of nitrogens with one attached hydrogen (secondary N) is 1. The summed E-state index contributed by atoms with van der Waals surface area (Å²) < 4.78 is 0. The maximum absolute atomic E-state index is 11.5. The number of primary amides is 1. The highest BCUT2D eigenvalue weighted by Crippen LogP contribution is 2.36. The zero-order valence-electron chi connectivity index (χ0n) is 12.1. The number of carbonyl (C=O) groups excluding carboxylic acids is 1.